The molecule has 0 atom stereocenters. The van der Waals surface area contributed by atoms with Crippen molar-refractivity contribution in [3.63, 3.8) is 0 Å². The standard InChI is InChI=1S/C15H12N4O5/c1-24-15-5-2-10(6-14(15)19(22)23)8-17-9-16-12-4-3-11(18(20)21)7-13(12)17/h2-7,9H,8H2,1H3. The molecule has 1 heterocycles. The molecule has 0 aliphatic rings. The number of nitrogens with zero attached hydrogens (tertiary/aromatic N) is 4. The third-order valence-electron chi connectivity index (χ3n) is 3.61. The maximum atomic E-state index is 11.1. The number of non-ortho nitro benzene ring substituents is 1. The molecule has 0 N–H and O–H groups in total. The number of aromatic nitrogens is 2. The molecule has 9 heteroatoms. The number of ether oxygens (including phenoxy) is 1. The summed E-state index contributed by atoms with van der Waals surface area (Å²) < 4.78 is 6.68. The second-order valence-corrected chi connectivity index (χ2v) is 5.07. The van der Waals surface area contributed by atoms with E-state index in [9.17, 15) is 20.2 Å². The number of methoxy groups -OCH3 is 1. The van der Waals surface area contributed by atoms with Crippen molar-refractivity contribution >= 4 is 22.4 Å². The molecule has 0 bridgehead atoms. The van der Waals surface area contributed by atoms with Crippen LogP contribution in [0.5, 0.6) is 5.75 Å². The van der Waals surface area contributed by atoms with Crippen LogP contribution in [0.2, 0.25) is 0 Å². The molecule has 24 heavy (non-hydrogen) atoms. The average molecular weight is 328 g/mol. The maximum Gasteiger partial charge on any atom is 0.311 e. The van der Waals surface area contributed by atoms with Gasteiger partial charge < -0.3 is 9.30 Å². The van der Waals surface area contributed by atoms with Crippen molar-refractivity contribution in [2.75, 3.05) is 7.11 Å². The van der Waals surface area contributed by atoms with E-state index in [2.05, 4.69) is 4.98 Å². The van der Waals surface area contributed by atoms with Gasteiger partial charge in [0.15, 0.2) is 5.75 Å². The van der Waals surface area contributed by atoms with Gasteiger partial charge in [0.1, 0.15) is 0 Å². The van der Waals surface area contributed by atoms with Gasteiger partial charge in [-0.3, -0.25) is 20.2 Å². The SMILES string of the molecule is COc1ccc(Cn2cnc3ccc([N+](=O)[O-])cc32)cc1[N+](=O)[O-]. The lowest BCUT2D eigenvalue weighted by atomic mass is 10.2. The number of fused-ring (bicyclic) bond motifs is 1. The Labute approximate surface area is 135 Å². The normalized spacial score (nSPS) is 10.7. The zero-order valence-corrected chi connectivity index (χ0v) is 12.6. The van der Waals surface area contributed by atoms with Crippen molar-refractivity contribution in [1.82, 2.24) is 9.55 Å². The van der Waals surface area contributed by atoms with E-state index in [1.807, 2.05) is 0 Å². The zero-order valence-electron chi connectivity index (χ0n) is 12.6. The largest absolute Gasteiger partial charge is 0.490 e. The van der Waals surface area contributed by atoms with E-state index >= 15 is 0 Å². The Hall–Kier alpha value is -3.49. The van der Waals surface area contributed by atoms with Gasteiger partial charge in [-0.2, -0.15) is 0 Å². The Kier molecular flexibility index (Phi) is 3.82. The predicted molar refractivity (Wildman–Crippen MR) is 85.1 cm³/mol. The quantitative estimate of drug-likeness (QED) is 0.525. The molecule has 0 amide bonds. The van der Waals surface area contributed by atoms with E-state index < -0.39 is 9.85 Å². The molecule has 0 unspecified atom stereocenters. The summed E-state index contributed by atoms with van der Waals surface area (Å²) in [5.41, 5.74) is 1.69. The van der Waals surface area contributed by atoms with E-state index in [-0.39, 0.29) is 17.1 Å². The van der Waals surface area contributed by atoms with Crippen LogP contribution in [0.25, 0.3) is 11.0 Å². The molecule has 0 saturated carbocycles. The summed E-state index contributed by atoms with van der Waals surface area (Å²) in [5.74, 6) is 0.176. The summed E-state index contributed by atoms with van der Waals surface area (Å²) in [5, 5.41) is 22.0. The monoisotopic (exact) mass is 328 g/mol. The minimum atomic E-state index is -0.515. The smallest absolute Gasteiger partial charge is 0.311 e. The van der Waals surface area contributed by atoms with Crippen LogP contribution in [0, 0.1) is 20.2 Å². The van der Waals surface area contributed by atoms with Crippen molar-refractivity contribution in [1.29, 1.82) is 0 Å². The molecule has 122 valence electrons. The summed E-state index contributed by atoms with van der Waals surface area (Å²) in [6, 6.07) is 9.03. The lowest BCUT2D eigenvalue weighted by Gasteiger charge is -2.07. The zero-order chi connectivity index (χ0) is 17.3. The van der Waals surface area contributed by atoms with Crippen LogP contribution in [-0.2, 0) is 6.54 Å². The van der Waals surface area contributed by atoms with Crippen LogP contribution in [0.1, 0.15) is 5.56 Å². The maximum absolute atomic E-state index is 11.1. The lowest BCUT2D eigenvalue weighted by Crippen LogP contribution is -2.01. The van der Waals surface area contributed by atoms with E-state index in [0.717, 1.165) is 0 Å². The molecule has 1 aromatic heterocycles. The summed E-state index contributed by atoms with van der Waals surface area (Å²) in [4.78, 5) is 25.2. The Balaban J connectivity index is 2.01. The highest BCUT2D eigenvalue weighted by Gasteiger charge is 2.16. The van der Waals surface area contributed by atoms with Gasteiger partial charge in [0.05, 0.1) is 34.3 Å². The molecular formula is C15H12N4O5. The van der Waals surface area contributed by atoms with Gasteiger partial charge in [0.25, 0.3) is 5.69 Å². The first-order valence-corrected chi connectivity index (χ1v) is 6.90. The molecule has 0 fully saturated rings. The molecule has 0 saturated heterocycles. The second-order valence-electron chi connectivity index (χ2n) is 5.07. The Bertz CT molecular complexity index is 950. The van der Waals surface area contributed by atoms with Gasteiger partial charge in [-0.1, -0.05) is 6.07 Å². The average Bonchev–Trinajstić information content (AvgIpc) is 2.97. The van der Waals surface area contributed by atoms with Crippen LogP contribution in [0.4, 0.5) is 11.4 Å². The molecule has 3 aromatic rings. The number of hydrogen-bond donors (Lipinski definition) is 0. The highest BCUT2D eigenvalue weighted by atomic mass is 16.6. The number of nitro groups is 2. The number of benzene rings is 2. The molecule has 0 aliphatic heterocycles. The van der Waals surface area contributed by atoms with Gasteiger partial charge in [-0.05, 0) is 17.7 Å². The van der Waals surface area contributed by atoms with Crippen LogP contribution < -0.4 is 4.74 Å². The Morgan fingerprint density at radius 3 is 2.58 bits per heavy atom. The van der Waals surface area contributed by atoms with Crippen LogP contribution in [0.3, 0.4) is 0 Å². The molecule has 0 aliphatic carbocycles. The summed E-state index contributed by atoms with van der Waals surface area (Å²) in [6.45, 7) is 0.294. The first-order chi connectivity index (χ1) is 11.5. The molecule has 0 spiro atoms. The van der Waals surface area contributed by atoms with Crippen LogP contribution >= 0.6 is 0 Å². The summed E-state index contributed by atoms with van der Waals surface area (Å²) >= 11 is 0. The number of rotatable bonds is 5. The fourth-order valence-electron chi connectivity index (χ4n) is 2.46. The fourth-order valence-corrected chi connectivity index (χ4v) is 2.46. The van der Waals surface area contributed by atoms with E-state index in [0.29, 0.717) is 23.1 Å². The molecule has 3 rings (SSSR count). The minimum Gasteiger partial charge on any atom is -0.490 e. The topological polar surface area (TPSA) is 113 Å². The Morgan fingerprint density at radius 1 is 1.12 bits per heavy atom. The van der Waals surface area contributed by atoms with Gasteiger partial charge in [0.2, 0.25) is 0 Å². The molecule has 9 nitrogen and oxygen atoms in total. The highest BCUT2D eigenvalue weighted by molar-refractivity contribution is 5.78. The number of imidazole rings is 1. The molecule has 2 aromatic carbocycles. The van der Waals surface area contributed by atoms with Crippen molar-refractivity contribution in [2.45, 2.75) is 6.54 Å². The number of nitro benzene ring substituents is 2. The van der Waals surface area contributed by atoms with Gasteiger partial charge >= 0.3 is 5.69 Å². The summed E-state index contributed by atoms with van der Waals surface area (Å²) in [6.07, 6.45) is 1.55. The van der Waals surface area contributed by atoms with E-state index in [1.54, 1.807) is 23.0 Å². The third-order valence-corrected chi connectivity index (χ3v) is 3.61. The lowest BCUT2D eigenvalue weighted by molar-refractivity contribution is -0.385. The highest BCUT2D eigenvalue weighted by Crippen LogP contribution is 2.28. The van der Waals surface area contributed by atoms with E-state index in [1.165, 1.54) is 31.4 Å². The second kappa shape index (κ2) is 5.95. The first-order valence-electron chi connectivity index (χ1n) is 6.90. The first kappa shape index (κ1) is 15.4. The third kappa shape index (κ3) is 2.74. The molecular weight excluding hydrogens is 316 g/mol. The van der Waals surface area contributed by atoms with E-state index in [4.69, 9.17) is 4.74 Å². The van der Waals surface area contributed by atoms with Crippen LogP contribution in [0.15, 0.2) is 42.7 Å². The van der Waals surface area contributed by atoms with Crippen LogP contribution in [-0.4, -0.2) is 26.5 Å². The van der Waals surface area contributed by atoms with Crippen molar-refractivity contribution < 1.29 is 14.6 Å². The van der Waals surface area contributed by atoms with Gasteiger partial charge in [0, 0.05) is 24.7 Å². The summed E-state index contributed by atoms with van der Waals surface area (Å²) in [7, 11) is 1.37. The predicted octanol–water partition coefficient (Wildman–Crippen LogP) is 2.91. The van der Waals surface area contributed by atoms with Crippen molar-refractivity contribution in [3.8, 4) is 5.75 Å². The van der Waals surface area contributed by atoms with Crippen molar-refractivity contribution in [3.05, 3.63) is 68.5 Å². The minimum absolute atomic E-state index is 0.0371. The Morgan fingerprint density at radius 2 is 1.92 bits per heavy atom. The fraction of sp³-hybridized carbons (Fsp3) is 0.133. The van der Waals surface area contributed by atoms with Gasteiger partial charge in [-0.15, -0.1) is 0 Å². The van der Waals surface area contributed by atoms with Gasteiger partial charge in [-0.25, -0.2) is 4.98 Å². The van der Waals surface area contributed by atoms with Crippen molar-refractivity contribution in [2.24, 2.45) is 0 Å². The number of hydrogen-bond acceptors (Lipinski definition) is 6. The molecule has 0 radical (unpaired) electrons.